The Bertz CT molecular complexity index is 1020. The van der Waals surface area contributed by atoms with Crippen LogP contribution in [-0.2, 0) is 33.3 Å². The third-order valence-corrected chi connectivity index (χ3v) is 9.63. The Balaban J connectivity index is 1.82. The van der Waals surface area contributed by atoms with Gasteiger partial charge in [-0.1, -0.05) is 20.8 Å². The summed E-state index contributed by atoms with van der Waals surface area (Å²) >= 11 is 0. The first-order valence-corrected chi connectivity index (χ1v) is 14.7. The van der Waals surface area contributed by atoms with Gasteiger partial charge in [0.15, 0.2) is 12.1 Å². The van der Waals surface area contributed by atoms with Gasteiger partial charge in [-0.25, -0.2) is 0 Å². The number of fused-ring (bicyclic) bond motifs is 2. The molecule has 0 aromatic heterocycles. The molecule has 3 fully saturated rings. The van der Waals surface area contributed by atoms with E-state index in [2.05, 4.69) is 0 Å². The number of hydrogen-bond donors (Lipinski definition) is 2. The molecule has 10 nitrogen and oxygen atoms in total. The van der Waals surface area contributed by atoms with E-state index >= 15 is 0 Å². The van der Waals surface area contributed by atoms with Gasteiger partial charge in [-0.2, -0.15) is 0 Å². The molecule has 13 atom stereocenters. The minimum Gasteiger partial charge on any atom is -0.459 e. The summed E-state index contributed by atoms with van der Waals surface area (Å²) in [5.41, 5.74) is -1.80. The van der Waals surface area contributed by atoms with Crippen molar-refractivity contribution in [1.82, 2.24) is 4.90 Å². The molecule has 2 unspecified atom stereocenters. The molecule has 0 amide bonds. The Labute approximate surface area is 238 Å². The molecule has 228 valence electrons. The number of carbonyl (C=O) groups is 2. The van der Waals surface area contributed by atoms with E-state index in [0.717, 1.165) is 0 Å². The van der Waals surface area contributed by atoms with Gasteiger partial charge in [0.25, 0.3) is 0 Å². The average molecular weight is 568 g/mol. The summed E-state index contributed by atoms with van der Waals surface area (Å²) in [6, 6.07) is -0.200. The number of aliphatic hydroxyl groups excluding tert-OH is 2. The molecule has 4 heterocycles. The Hall–Kier alpha value is -1.40. The number of ether oxygens (including phenoxy) is 5. The van der Waals surface area contributed by atoms with E-state index in [1.54, 1.807) is 26.8 Å². The lowest BCUT2D eigenvalue weighted by atomic mass is 9.78. The van der Waals surface area contributed by atoms with Crippen LogP contribution in [0.1, 0.15) is 74.7 Å². The summed E-state index contributed by atoms with van der Waals surface area (Å²) in [6.07, 6.45) is -1.56. The maximum atomic E-state index is 13.4. The standard InChI is InChI=1S/C30H49NO9/c1-11-22-28(7)14-20(19(6)32)30(39-28)15(2)13-29(8,40-30)25(17(4)23(33)18(5)26(35)37-22)38-27-24(34)21(31(9)10)12-16(3)36-27/h14-18,21-25,27,33-34H,11-13H2,1-10H3/t15-,16-,17+,18-,21+,22-,23+,24-,25-,27+,28?,29-,30?/m1/s1. The average Bonchev–Trinajstić information content (AvgIpc) is 3.32. The van der Waals surface area contributed by atoms with E-state index in [4.69, 9.17) is 23.7 Å². The largest absolute Gasteiger partial charge is 0.459 e. The second-order valence-corrected chi connectivity index (χ2v) is 13.2. The maximum Gasteiger partial charge on any atom is 0.311 e. The number of likely N-dealkylation sites (N-methyl/N-ethyl adjacent to an activating group) is 1. The lowest BCUT2D eigenvalue weighted by Crippen LogP contribution is -2.59. The lowest BCUT2D eigenvalue weighted by molar-refractivity contribution is -0.327. The molecule has 4 aliphatic heterocycles. The fraction of sp³-hybridized carbons (Fsp3) is 0.867. The molecule has 0 aromatic carbocycles. The van der Waals surface area contributed by atoms with Crippen LogP contribution in [0.3, 0.4) is 0 Å². The van der Waals surface area contributed by atoms with Gasteiger partial charge in [0.1, 0.15) is 17.8 Å². The molecule has 3 saturated heterocycles. The Morgan fingerprint density at radius 2 is 1.77 bits per heavy atom. The van der Waals surface area contributed by atoms with Crippen molar-refractivity contribution >= 4 is 11.8 Å². The molecule has 4 aliphatic rings. The van der Waals surface area contributed by atoms with E-state index in [9.17, 15) is 19.8 Å². The highest BCUT2D eigenvalue weighted by Gasteiger charge is 2.66. The Morgan fingerprint density at radius 1 is 1.12 bits per heavy atom. The van der Waals surface area contributed by atoms with Crippen LogP contribution >= 0.6 is 0 Å². The number of ketones is 1. The third kappa shape index (κ3) is 5.18. The summed E-state index contributed by atoms with van der Waals surface area (Å²) in [5, 5.41) is 22.8. The zero-order chi connectivity index (χ0) is 29.9. The number of Topliss-reactive ketones (excluding diaryl/α,β-unsaturated/α-hetero) is 1. The maximum absolute atomic E-state index is 13.4. The first-order valence-electron chi connectivity index (χ1n) is 14.7. The predicted octanol–water partition coefficient (Wildman–Crippen LogP) is 2.58. The quantitative estimate of drug-likeness (QED) is 0.479. The second kappa shape index (κ2) is 11.0. The van der Waals surface area contributed by atoms with Crippen molar-refractivity contribution in [3.63, 3.8) is 0 Å². The van der Waals surface area contributed by atoms with Gasteiger partial charge in [0, 0.05) is 17.9 Å². The van der Waals surface area contributed by atoms with E-state index in [0.29, 0.717) is 24.8 Å². The van der Waals surface area contributed by atoms with Crippen LogP contribution in [0.5, 0.6) is 0 Å². The molecule has 4 rings (SSSR count). The fourth-order valence-electron chi connectivity index (χ4n) is 7.40. The SMILES string of the molecule is CC[C@H]1OC(=O)[C@H](C)[C@@H](O)[C@H](C)[C@@H](O[C@@H]2O[C@H](C)C[C@H](N(C)C)[C@H]2O)[C@@]2(C)C[C@@H](C)C3(OC1(C)C=C3C(C)=O)O2. The van der Waals surface area contributed by atoms with Gasteiger partial charge in [-0.05, 0) is 74.1 Å². The van der Waals surface area contributed by atoms with Gasteiger partial charge in [-0.15, -0.1) is 0 Å². The zero-order valence-corrected chi connectivity index (χ0v) is 25.7. The van der Waals surface area contributed by atoms with E-state index < -0.39 is 65.5 Å². The summed E-state index contributed by atoms with van der Waals surface area (Å²) in [7, 11) is 3.80. The summed E-state index contributed by atoms with van der Waals surface area (Å²) in [4.78, 5) is 28.3. The molecule has 2 N–H and O–H groups in total. The molecule has 0 aromatic rings. The van der Waals surface area contributed by atoms with Crippen molar-refractivity contribution in [2.24, 2.45) is 17.8 Å². The van der Waals surface area contributed by atoms with E-state index in [1.807, 2.05) is 46.7 Å². The van der Waals surface area contributed by atoms with Gasteiger partial charge >= 0.3 is 5.97 Å². The summed E-state index contributed by atoms with van der Waals surface area (Å²) < 4.78 is 32.2. The van der Waals surface area contributed by atoms with E-state index in [-0.39, 0.29) is 23.8 Å². The van der Waals surface area contributed by atoms with Crippen molar-refractivity contribution in [2.45, 2.75) is 134 Å². The normalized spacial score (nSPS) is 49.7. The molecule has 3 bridgehead atoms. The number of rotatable bonds is 5. The lowest BCUT2D eigenvalue weighted by Gasteiger charge is -2.47. The molecular formula is C30H49NO9. The second-order valence-electron chi connectivity index (χ2n) is 13.2. The van der Waals surface area contributed by atoms with Crippen molar-refractivity contribution in [2.75, 3.05) is 14.1 Å². The molecular weight excluding hydrogens is 518 g/mol. The van der Waals surface area contributed by atoms with Crippen LogP contribution in [0.25, 0.3) is 0 Å². The number of nitrogens with zero attached hydrogens (tertiary/aromatic N) is 1. The van der Waals surface area contributed by atoms with Crippen LogP contribution in [0.4, 0.5) is 0 Å². The molecule has 1 spiro atoms. The molecule has 0 saturated carbocycles. The zero-order valence-electron chi connectivity index (χ0n) is 25.7. The summed E-state index contributed by atoms with van der Waals surface area (Å²) in [6.45, 7) is 14.4. The van der Waals surface area contributed by atoms with Crippen LogP contribution in [-0.4, -0.2) is 101 Å². The number of hydrogen-bond acceptors (Lipinski definition) is 10. The number of carbonyl (C=O) groups excluding carboxylic acids is 2. The highest BCUT2D eigenvalue weighted by molar-refractivity contribution is 5.96. The van der Waals surface area contributed by atoms with E-state index in [1.165, 1.54) is 6.92 Å². The van der Waals surface area contributed by atoms with Gasteiger partial charge in [0.05, 0.1) is 35.4 Å². The minimum atomic E-state index is -1.39. The minimum absolute atomic E-state index is 0.180. The van der Waals surface area contributed by atoms with Crippen molar-refractivity contribution < 1.29 is 43.5 Å². The summed E-state index contributed by atoms with van der Waals surface area (Å²) in [5.74, 6) is -3.94. The van der Waals surface area contributed by atoms with Gasteiger partial charge in [-0.3, -0.25) is 9.59 Å². The highest BCUT2D eigenvalue weighted by Crippen LogP contribution is 2.56. The van der Waals surface area contributed by atoms with Crippen LogP contribution in [0.2, 0.25) is 0 Å². The number of aliphatic hydroxyl groups is 2. The van der Waals surface area contributed by atoms with Crippen LogP contribution < -0.4 is 0 Å². The van der Waals surface area contributed by atoms with Gasteiger partial charge < -0.3 is 38.8 Å². The van der Waals surface area contributed by atoms with Crippen molar-refractivity contribution in [1.29, 1.82) is 0 Å². The first kappa shape index (κ1) is 31.5. The smallest absolute Gasteiger partial charge is 0.311 e. The van der Waals surface area contributed by atoms with Crippen molar-refractivity contribution in [3.8, 4) is 0 Å². The van der Waals surface area contributed by atoms with Gasteiger partial charge in [0.2, 0.25) is 5.79 Å². The fourth-order valence-corrected chi connectivity index (χ4v) is 7.40. The molecule has 40 heavy (non-hydrogen) atoms. The topological polar surface area (TPSA) is 124 Å². The Kier molecular flexibility index (Phi) is 8.69. The highest BCUT2D eigenvalue weighted by atomic mass is 16.8. The first-order chi connectivity index (χ1) is 18.5. The molecule has 0 radical (unpaired) electrons. The van der Waals surface area contributed by atoms with Crippen LogP contribution in [0, 0.1) is 17.8 Å². The predicted molar refractivity (Wildman–Crippen MR) is 146 cm³/mol. The van der Waals surface area contributed by atoms with Crippen LogP contribution in [0.15, 0.2) is 11.6 Å². The third-order valence-electron chi connectivity index (χ3n) is 9.63. The molecule has 10 heteroatoms. The molecule has 0 aliphatic carbocycles. The monoisotopic (exact) mass is 567 g/mol. The van der Waals surface area contributed by atoms with Crippen molar-refractivity contribution in [3.05, 3.63) is 11.6 Å². The Morgan fingerprint density at radius 3 is 2.35 bits per heavy atom. The number of cyclic esters (lactones) is 1. The number of esters is 1.